The van der Waals surface area contributed by atoms with Gasteiger partial charge in [-0.1, -0.05) is 18.9 Å². The molecule has 18 heavy (non-hydrogen) atoms. The summed E-state index contributed by atoms with van der Waals surface area (Å²) in [5, 5.41) is 2.60. The Kier molecular flexibility index (Phi) is 3.88. The minimum Gasteiger partial charge on any atom is -0.467 e. The van der Waals surface area contributed by atoms with E-state index in [0.717, 1.165) is 4.31 Å². The second-order valence-corrected chi connectivity index (χ2v) is 3.93. The molecule has 0 spiro atoms. The molecule has 94 valence electrons. The predicted octanol–water partition coefficient (Wildman–Crippen LogP) is 2.98. The maximum Gasteiger partial charge on any atom is 0.332 e. The molecule has 4 nitrogen and oxygen atoms in total. The van der Waals surface area contributed by atoms with Gasteiger partial charge in [0, 0.05) is 0 Å². The van der Waals surface area contributed by atoms with E-state index in [4.69, 9.17) is 4.42 Å². The number of nitrogens with one attached hydrogen (secondary N) is 1. The van der Waals surface area contributed by atoms with Crippen LogP contribution in [0.3, 0.4) is 0 Å². The summed E-state index contributed by atoms with van der Waals surface area (Å²) in [6.07, 6.45) is 1.52. The molecule has 0 aliphatic rings. The van der Waals surface area contributed by atoms with Gasteiger partial charge < -0.3 is 9.73 Å². The molecular formula is C12H11FN2O2S. The van der Waals surface area contributed by atoms with Crippen molar-refractivity contribution in [3.05, 3.63) is 54.2 Å². The van der Waals surface area contributed by atoms with Crippen molar-refractivity contribution in [1.82, 2.24) is 5.32 Å². The van der Waals surface area contributed by atoms with Gasteiger partial charge in [0.05, 0.1) is 18.5 Å². The number of hydrogen-bond acceptors (Lipinski definition) is 3. The van der Waals surface area contributed by atoms with Gasteiger partial charge in [-0.3, -0.25) is 0 Å². The van der Waals surface area contributed by atoms with Crippen molar-refractivity contribution in [1.29, 1.82) is 0 Å². The van der Waals surface area contributed by atoms with Gasteiger partial charge in [0.1, 0.15) is 11.6 Å². The topological polar surface area (TPSA) is 45.5 Å². The third kappa shape index (κ3) is 3.04. The first kappa shape index (κ1) is 12.5. The molecule has 0 bridgehead atoms. The molecule has 0 saturated heterocycles. The number of urea groups is 1. The van der Waals surface area contributed by atoms with Crippen molar-refractivity contribution < 1.29 is 13.6 Å². The Labute approximate surface area is 109 Å². The Morgan fingerprint density at radius 2 is 2.22 bits per heavy atom. The second-order valence-electron chi connectivity index (χ2n) is 3.53. The van der Waals surface area contributed by atoms with Crippen molar-refractivity contribution in [2.24, 2.45) is 0 Å². The maximum absolute atomic E-state index is 13.0. The minimum atomic E-state index is -0.458. The molecule has 6 heteroatoms. The number of furan rings is 1. The zero-order valence-electron chi connectivity index (χ0n) is 9.34. The van der Waals surface area contributed by atoms with Gasteiger partial charge in [-0.05, 0) is 30.3 Å². The van der Waals surface area contributed by atoms with E-state index in [9.17, 15) is 9.18 Å². The zero-order valence-corrected chi connectivity index (χ0v) is 10.2. The SMILES string of the molecule is O=C(NCc1ccco1)N(S)c1cccc(F)c1. The number of benzene rings is 1. The van der Waals surface area contributed by atoms with E-state index in [-0.39, 0.29) is 6.54 Å². The molecule has 0 aliphatic heterocycles. The van der Waals surface area contributed by atoms with Gasteiger partial charge >= 0.3 is 6.03 Å². The largest absolute Gasteiger partial charge is 0.467 e. The molecular weight excluding hydrogens is 255 g/mol. The summed E-state index contributed by atoms with van der Waals surface area (Å²) in [4.78, 5) is 11.7. The normalized spacial score (nSPS) is 10.1. The fourth-order valence-corrected chi connectivity index (χ4v) is 1.57. The minimum absolute atomic E-state index is 0.248. The Morgan fingerprint density at radius 1 is 1.39 bits per heavy atom. The van der Waals surface area contributed by atoms with Gasteiger partial charge in [0.2, 0.25) is 0 Å². The first-order chi connectivity index (χ1) is 8.66. The second kappa shape index (κ2) is 5.59. The van der Waals surface area contributed by atoms with Crippen molar-refractivity contribution in [2.45, 2.75) is 6.54 Å². The highest BCUT2D eigenvalue weighted by Crippen LogP contribution is 2.17. The number of rotatable bonds is 3. The third-order valence-electron chi connectivity index (χ3n) is 2.24. The smallest absolute Gasteiger partial charge is 0.332 e. The summed E-state index contributed by atoms with van der Waals surface area (Å²) in [5.41, 5.74) is 0.357. The Hall–Kier alpha value is -1.95. The summed E-state index contributed by atoms with van der Waals surface area (Å²) in [6, 6.07) is 8.62. The maximum atomic E-state index is 13.0. The summed E-state index contributed by atoms with van der Waals surface area (Å²) in [5.74, 6) is 0.203. The molecule has 0 atom stereocenters. The highest BCUT2D eigenvalue weighted by Gasteiger charge is 2.12. The van der Waals surface area contributed by atoms with E-state index in [1.165, 1.54) is 24.5 Å². The molecule has 0 fully saturated rings. The molecule has 0 unspecified atom stereocenters. The molecule has 2 rings (SSSR count). The molecule has 0 aliphatic carbocycles. The zero-order chi connectivity index (χ0) is 13.0. The number of hydrogen-bond donors (Lipinski definition) is 2. The molecule has 1 N–H and O–H groups in total. The highest BCUT2D eigenvalue weighted by molar-refractivity contribution is 7.82. The molecule has 0 saturated carbocycles. The Morgan fingerprint density at radius 3 is 2.89 bits per heavy atom. The van der Waals surface area contributed by atoms with Crippen LogP contribution in [-0.2, 0) is 6.54 Å². The van der Waals surface area contributed by atoms with Crippen LogP contribution in [0, 0.1) is 5.82 Å². The van der Waals surface area contributed by atoms with Gasteiger partial charge in [0.25, 0.3) is 0 Å². The van der Waals surface area contributed by atoms with Crippen LogP contribution in [0.1, 0.15) is 5.76 Å². The lowest BCUT2D eigenvalue weighted by Gasteiger charge is -2.16. The van der Waals surface area contributed by atoms with E-state index < -0.39 is 11.8 Å². The third-order valence-corrected chi connectivity index (χ3v) is 2.65. The number of anilines is 1. The molecule has 1 heterocycles. The fourth-order valence-electron chi connectivity index (χ4n) is 1.38. The van der Waals surface area contributed by atoms with E-state index in [2.05, 4.69) is 18.1 Å². The summed E-state index contributed by atoms with van der Waals surface area (Å²) >= 11 is 4.02. The van der Waals surface area contributed by atoms with Crippen LogP contribution in [-0.4, -0.2) is 6.03 Å². The Bertz CT molecular complexity index is 531. The number of nitrogens with zero attached hydrogens (tertiary/aromatic N) is 1. The van der Waals surface area contributed by atoms with Gasteiger partial charge in [-0.25, -0.2) is 13.5 Å². The quantitative estimate of drug-likeness (QED) is 0.839. The highest BCUT2D eigenvalue weighted by atomic mass is 32.1. The molecule has 2 aromatic rings. The van der Waals surface area contributed by atoms with E-state index >= 15 is 0 Å². The van der Waals surface area contributed by atoms with Crippen LogP contribution in [0.25, 0.3) is 0 Å². The summed E-state index contributed by atoms with van der Waals surface area (Å²) < 4.78 is 19.1. The number of carbonyl (C=O) groups excluding carboxylic acids is 1. The molecule has 1 aromatic heterocycles. The van der Waals surface area contributed by atoms with Gasteiger partial charge in [0.15, 0.2) is 0 Å². The van der Waals surface area contributed by atoms with Crippen LogP contribution in [0.15, 0.2) is 47.1 Å². The summed E-state index contributed by atoms with van der Waals surface area (Å²) in [7, 11) is 0. The van der Waals surface area contributed by atoms with Crippen molar-refractivity contribution in [2.75, 3.05) is 4.31 Å². The standard InChI is InChI=1S/C12H11FN2O2S/c13-9-3-1-4-10(7-9)15(18)12(16)14-8-11-5-2-6-17-11/h1-7,18H,8H2,(H,14,16). The number of halogens is 1. The van der Waals surface area contributed by atoms with E-state index in [1.807, 2.05) is 0 Å². The Balaban J connectivity index is 1.96. The number of thiol groups is 1. The lowest BCUT2D eigenvalue weighted by Crippen LogP contribution is -2.33. The van der Waals surface area contributed by atoms with Crippen LogP contribution in [0.4, 0.5) is 14.9 Å². The molecule has 0 radical (unpaired) electrons. The summed E-state index contributed by atoms with van der Waals surface area (Å²) in [6.45, 7) is 0.248. The fraction of sp³-hybridized carbons (Fsp3) is 0.0833. The van der Waals surface area contributed by atoms with Crippen LogP contribution in [0.2, 0.25) is 0 Å². The van der Waals surface area contributed by atoms with Crippen LogP contribution >= 0.6 is 12.8 Å². The average Bonchev–Trinajstić information content (AvgIpc) is 2.88. The van der Waals surface area contributed by atoms with Crippen LogP contribution < -0.4 is 9.62 Å². The van der Waals surface area contributed by atoms with E-state index in [0.29, 0.717) is 11.4 Å². The van der Waals surface area contributed by atoms with Gasteiger partial charge in [-0.2, -0.15) is 0 Å². The molecule has 2 amide bonds. The number of carbonyl (C=O) groups is 1. The molecule has 1 aromatic carbocycles. The van der Waals surface area contributed by atoms with E-state index in [1.54, 1.807) is 18.2 Å². The first-order valence-electron chi connectivity index (χ1n) is 5.21. The van der Waals surface area contributed by atoms with Crippen molar-refractivity contribution in [3.63, 3.8) is 0 Å². The first-order valence-corrected chi connectivity index (χ1v) is 5.61. The predicted molar refractivity (Wildman–Crippen MR) is 68.8 cm³/mol. The van der Waals surface area contributed by atoms with Crippen molar-refractivity contribution >= 4 is 24.5 Å². The monoisotopic (exact) mass is 266 g/mol. The number of amides is 2. The average molecular weight is 266 g/mol. The van der Waals surface area contributed by atoms with Gasteiger partial charge in [-0.15, -0.1) is 0 Å². The van der Waals surface area contributed by atoms with Crippen LogP contribution in [0.5, 0.6) is 0 Å². The lowest BCUT2D eigenvalue weighted by atomic mass is 10.3. The lowest BCUT2D eigenvalue weighted by molar-refractivity contribution is 0.248. The van der Waals surface area contributed by atoms with Crippen molar-refractivity contribution in [3.8, 4) is 0 Å².